The molecule has 0 radical (unpaired) electrons. The van der Waals surface area contributed by atoms with Gasteiger partial charge in [-0.05, 0) is 25.6 Å². The molecule has 1 heterocycles. The van der Waals surface area contributed by atoms with Gasteiger partial charge >= 0.3 is 6.61 Å². The first-order valence-corrected chi connectivity index (χ1v) is 8.58. The van der Waals surface area contributed by atoms with E-state index in [1.807, 2.05) is 6.92 Å². The first-order valence-electron chi connectivity index (χ1n) is 8.58. The monoisotopic (exact) mass is 382 g/mol. The fourth-order valence-corrected chi connectivity index (χ4v) is 2.52. The van der Waals surface area contributed by atoms with Gasteiger partial charge in [-0.25, -0.2) is 0 Å². The molecule has 1 aromatic carbocycles. The molecule has 1 amide bonds. The third-order valence-corrected chi connectivity index (χ3v) is 3.79. The summed E-state index contributed by atoms with van der Waals surface area (Å²) in [6.45, 7) is -0.519. The summed E-state index contributed by atoms with van der Waals surface area (Å²) >= 11 is 0. The van der Waals surface area contributed by atoms with E-state index >= 15 is 0 Å². The summed E-state index contributed by atoms with van der Waals surface area (Å²) in [4.78, 5) is 12.5. The smallest absolute Gasteiger partial charge is 0.387 e. The molecule has 9 heteroatoms. The molecule has 1 aromatic heterocycles. The van der Waals surface area contributed by atoms with Gasteiger partial charge in [0.1, 0.15) is 17.5 Å². The molecule has 0 spiro atoms. The van der Waals surface area contributed by atoms with Gasteiger partial charge in [0.25, 0.3) is 0 Å². The predicted molar refractivity (Wildman–Crippen MR) is 95.7 cm³/mol. The zero-order chi connectivity index (χ0) is 19.8. The van der Waals surface area contributed by atoms with Crippen LogP contribution in [0.25, 0.3) is 0 Å². The standard InChI is InChI=1S/C18H24F2N4O3/c1-4-7-26-14-6-5-12(15(8-14)27-18(19)20)9-22-17(25)16(21-2)13-10-23-24(3)11-13/h5-6,8,10-11,16,18,21H,4,7,9H2,1-3H3,(H,22,25). The molecule has 0 aliphatic rings. The minimum absolute atomic E-state index is 0.0266. The minimum atomic E-state index is -2.97. The maximum atomic E-state index is 12.7. The van der Waals surface area contributed by atoms with Crippen molar-refractivity contribution in [1.29, 1.82) is 0 Å². The number of rotatable bonds is 10. The van der Waals surface area contributed by atoms with Crippen LogP contribution in [0.5, 0.6) is 11.5 Å². The van der Waals surface area contributed by atoms with E-state index in [4.69, 9.17) is 4.74 Å². The summed E-state index contributed by atoms with van der Waals surface area (Å²) in [6.07, 6.45) is 4.11. The van der Waals surface area contributed by atoms with Crippen LogP contribution < -0.4 is 20.1 Å². The van der Waals surface area contributed by atoms with E-state index in [0.717, 1.165) is 6.42 Å². The van der Waals surface area contributed by atoms with Gasteiger partial charge < -0.3 is 20.1 Å². The molecule has 0 fully saturated rings. The van der Waals surface area contributed by atoms with Gasteiger partial charge in [0.2, 0.25) is 5.91 Å². The number of likely N-dealkylation sites (N-methyl/N-ethyl adjacent to an activating group) is 1. The summed E-state index contributed by atoms with van der Waals surface area (Å²) < 4.78 is 37.1. The van der Waals surface area contributed by atoms with Gasteiger partial charge in [0.15, 0.2) is 0 Å². The number of alkyl halides is 2. The molecule has 0 bridgehead atoms. The molecule has 7 nitrogen and oxygen atoms in total. The van der Waals surface area contributed by atoms with E-state index in [9.17, 15) is 13.6 Å². The van der Waals surface area contributed by atoms with Gasteiger partial charge in [-0.3, -0.25) is 9.48 Å². The average Bonchev–Trinajstić information content (AvgIpc) is 3.05. The zero-order valence-electron chi connectivity index (χ0n) is 15.5. The second kappa shape index (κ2) is 9.86. The van der Waals surface area contributed by atoms with E-state index in [1.165, 1.54) is 6.07 Å². The first kappa shape index (κ1) is 20.6. The van der Waals surface area contributed by atoms with Crippen LogP contribution in [0.4, 0.5) is 8.78 Å². The Labute approximate surface area is 156 Å². The Bertz CT molecular complexity index is 752. The highest BCUT2D eigenvalue weighted by Crippen LogP contribution is 2.27. The lowest BCUT2D eigenvalue weighted by Gasteiger charge is -2.17. The molecule has 1 atom stereocenters. The van der Waals surface area contributed by atoms with Crippen LogP contribution in [0, 0.1) is 0 Å². The number of aryl methyl sites for hydroxylation is 1. The fraction of sp³-hybridized carbons (Fsp3) is 0.444. The van der Waals surface area contributed by atoms with E-state index in [0.29, 0.717) is 23.5 Å². The molecule has 2 N–H and O–H groups in total. The zero-order valence-corrected chi connectivity index (χ0v) is 15.5. The number of hydrogen-bond donors (Lipinski definition) is 2. The summed E-state index contributed by atoms with van der Waals surface area (Å²) in [7, 11) is 3.41. The van der Waals surface area contributed by atoms with E-state index < -0.39 is 12.7 Å². The minimum Gasteiger partial charge on any atom is -0.493 e. The summed E-state index contributed by atoms with van der Waals surface area (Å²) in [5.74, 6) is 0.104. The van der Waals surface area contributed by atoms with Crippen molar-refractivity contribution in [2.45, 2.75) is 32.5 Å². The molecule has 0 saturated carbocycles. The van der Waals surface area contributed by atoms with Gasteiger partial charge in [-0.2, -0.15) is 13.9 Å². The topological polar surface area (TPSA) is 77.4 Å². The summed E-state index contributed by atoms with van der Waals surface area (Å²) in [5, 5.41) is 9.69. The van der Waals surface area contributed by atoms with Gasteiger partial charge in [0.05, 0.1) is 12.8 Å². The SMILES string of the molecule is CCCOc1ccc(CNC(=O)C(NC)c2cnn(C)c2)c(OC(F)F)c1. The van der Waals surface area contributed by atoms with Crippen molar-refractivity contribution in [1.82, 2.24) is 20.4 Å². The number of carbonyl (C=O) groups excluding carboxylic acids is 1. The van der Waals surface area contributed by atoms with E-state index in [-0.39, 0.29) is 18.2 Å². The van der Waals surface area contributed by atoms with Crippen LogP contribution in [0.3, 0.4) is 0 Å². The molecular weight excluding hydrogens is 358 g/mol. The second-order valence-electron chi connectivity index (χ2n) is 5.88. The Morgan fingerprint density at radius 2 is 2.15 bits per heavy atom. The maximum absolute atomic E-state index is 12.7. The molecule has 0 saturated heterocycles. The van der Waals surface area contributed by atoms with Crippen LogP contribution in [-0.4, -0.2) is 36.0 Å². The highest BCUT2D eigenvalue weighted by atomic mass is 19.3. The van der Waals surface area contributed by atoms with Crippen molar-refractivity contribution < 1.29 is 23.0 Å². The predicted octanol–water partition coefficient (Wildman–Crippen LogP) is 2.39. The third kappa shape index (κ3) is 5.92. The molecule has 2 aromatic rings. The number of benzene rings is 1. The second-order valence-corrected chi connectivity index (χ2v) is 5.88. The lowest BCUT2D eigenvalue weighted by Crippen LogP contribution is -2.35. The van der Waals surface area contributed by atoms with Crippen LogP contribution in [0.15, 0.2) is 30.6 Å². The van der Waals surface area contributed by atoms with Gasteiger partial charge in [-0.15, -0.1) is 0 Å². The van der Waals surface area contributed by atoms with Crippen molar-refractivity contribution >= 4 is 5.91 Å². The first-order chi connectivity index (χ1) is 12.9. The number of amides is 1. The highest BCUT2D eigenvalue weighted by Gasteiger charge is 2.20. The Morgan fingerprint density at radius 1 is 1.37 bits per heavy atom. The molecular formula is C18H24F2N4O3. The van der Waals surface area contributed by atoms with Crippen molar-refractivity contribution in [2.75, 3.05) is 13.7 Å². The van der Waals surface area contributed by atoms with Crippen molar-refractivity contribution in [3.05, 3.63) is 41.7 Å². The Kier molecular flexibility index (Phi) is 7.54. The molecule has 0 aliphatic carbocycles. The van der Waals surface area contributed by atoms with Crippen molar-refractivity contribution in [3.8, 4) is 11.5 Å². The lowest BCUT2D eigenvalue weighted by molar-refractivity contribution is -0.123. The Balaban J connectivity index is 2.09. The van der Waals surface area contributed by atoms with Gasteiger partial charge in [-0.1, -0.05) is 6.92 Å². The molecule has 1 unspecified atom stereocenters. The number of nitrogens with one attached hydrogen (secondary N) is 2. The molecule has 148 valence electrons. The lowest BCUT2D eigenvalue weighted by atomic mass is 10.1. The molecule has 2 rings (SSSR count). The van der Waals surface area contributed by atoms with Crippen molar-refractivity contribution in [2.24, 2.45) is 7.05 Å². The van der Waals surface area contributed by atoms with Crippen LogP contribution >= 0.6 is 0 Å². The quantitative estimate of drug-likeness (QED) is 0.660. The van der Waals surface area contributed by atoms with E-state index in [1.54, 1.807) is 43.3 Å². The van der Waals surface area contributed by atoms with Gasteiger partial charge in [0, 0.05) is 37.0 Å². The number of hydrogen-bond acceptors (Lipinski definition) is 5. The number of aromatic nitrogens is 2. The average molecular weight is 382 g/mol. The number of carbonyl (C=O) groups is 1. The normalized spacial score (nSPS) is 12.1. The third-order valence-electron chi connectivity index (χ3n) is 3.79. The van der Waals surface area contributed by atoms with Crippen LogP contribution in [0.1, 0.15) is 30.5 Å². The van der Waals surface area contributed by atoms with Crippen LogP contribution in [-0.2, 0) is 18.4 Å². The van der Waals surface area contributed by atoms with Crippen LogP contribution in [0.2, 0.25) is 0 Å². The number of nitrogens with zero attached hydrogens (tertiary/aromatic N) is 2. The summed E-state index contributed by atoms with van der Waals surface area (Å²) in [5.41, 5.74) is 1.12. The van der Waals surface area contributed by atoms with Crippen molar-refractivity contribution in [3.63, 3.8) is 0 Å². The Morgan fingerprint density at radius 3 is 2.74 bits per heavy atom. The van der Waals surface area contributed by atoms with E-state index in [2.05, 4.69) is 20.5 Å². The molecule has 27 heavy (non-hydrogen) atoms. The Hall–Kier alpha value is -2.68. The number of halogens is 2. The maximum Gasteiger partial charge on any atom is 0.387 e. The molecule has 0 aliphatic heterocycles. The number of ether oxygens (including phenoxy) is 2. The fourth-order valence-electron chi connectivity index (χ4n) is 2.52. The summed E-state index contributed by atoms with van der Waals surface area (Å²) in [6, 6.07) is 4.05. The highest BCUT2D eigenvalue weighted by molar-refractivity contribution is 5.83. The largest absolute Gasteiger partial charge is 0.493 e.